The number of sulfonamides is 1. The molecule has 4 nitrogen and oxygen atoms in total. The molecule has 1 aromatic rings. The first-order chi connectivity index (χ1) is 9.77. The van der Waals surface area contributed by atoms with Crippen LogP contribution in [0.1, 0.15) is 35.2 Å². The highest BCUT2D eigenvalue weighted by atomic mass is 79.9. The lowest BCUT2D eigenvalue weighted by atomic mass is 9.91. The quantitative estimate of drug-likeness (QED) is 0.762. The van der Waals surface area contributed by atoms with Crippen molar-refractivity contribution >= 4 is 31.7 Å². The second kappa shape index (κ2) is 6.58. The molecule has 0 aliphatic carbocycles. The average molecular weight is 374 g/mol. The van der Waals surface area contributed by atoms with E-state index in [1.165, 1.54) is 10.6 Å². The van der Waals surface area contributed by atoms with Crippen molar-refractivity contribution < 1.29 is 13.2 Å². The molecule has 1 unspecified atom stereocenters. The summed E-state index contributed by atoms with van der Waals surface area (Å²) in [6.45, 7) is 2.97. The minimum absolute atomic E-state index is 0.0749. The van der Waals surface area contributed by atoms with Crippen molar-refractivity contribution in [2.45, 2.75) is 26.2 Å². The van der Waals surface area contributed by atoms with Gasteiger partial charge < -0.3 is 0 Å². The van der Waals surface area contributed by atoms with Gasteiger partial charge in [0.25, 0.3) is 0 Å². The lowest BCUT2D eigenvalue weighted by Gasteiger charge is -2.30. The smallest absolute Gasteiger partial charge is 0.211 e. The lowest BCUT2D eigenvalue weighted by molar-refractivity contribution is 0.0941. The standard InChI is InChI=1S/C15H20BrNO3S/c1-11-5-6-14(16)13(8-11)15(18)9-12-4-3-7-17(10-12)21(2,19)20/h5-6,8,12H,3-4,7,9-10H2,1-2H3. The minimum atomic E-state index is -3.16. The molecule has 6 heteroatoms. The van der Waals surface area contributed by atoms with E-state index in [9.17, 15) is 13.2 Å². The number of carbonyl (C=O) groups is 1. The number of piperidine rings is 1. The monoisotopic (exact) mass is 373 g/mol. The normalized spacial score (nSPS) is 20.4. The van der Waals surface area contributed by atoms with E-state index >= 15 is 0 Å². The van der Waals surface area contributed by atoms with Gasteiger partial charge in [0.05, 0.1) is 6.26 Å². The molecule has 0 aromatic heterocycles. The van der Waals surface area contributed by atoms with Crippen LogP contribution in [0.5, 0.6) is 0 Å². The molecule has 0 radical (unpaired) electrons. The Kier molecular flexibility index (Phi) is 5.22. The van der Waals surface area contributed by atoms with Crippen LogP contribution >= 0.6 is 15.9 Å². The minimum Gasteiger partial charge on any atom is -0.294 e. The van der Waals surface area contributed by atoms with Crippen molar-refractivity contribution in [2.75, 3.05) is 19.3 Å². The Balaban J connectivity index is 2.07. The Morgan fingerprint density at radius 3 is 2.81 bits per heavy atom. The third-order valence-electron chi connectivity index (χ3n) is 3.85. The molecule has 1 saturated heterocycles. The zero-order valence-corrected chi connectivity index (χ0v) is 14.7. The third kappa shape index (κ3) is 4.37. The number of carbonyl (C=O) groups excluding carboxylic acids is 1. The Labute approximate surface area is 134 Å². The van der Waals surface area contributed by atoms with Crippen LogP contribution in [0.15, 0.2) is 22.7 Å². The fraction of sp³-hybridized carbons (Fsp3) is 0.533. The number of ketones is 1. The SMILES string of the molecule is Cc1ccc(Br)c(C(=O)CC2CCCN(S(C)(=O)=O)C2)c1. The second-order valence-corrected chi connectivity index (χ2v) is 8.58. The topological polar surface area (TPSA) is 54.5 Å². The molecule has 1 aliphatic rings. The number of hydrogen-bond acceptors (Lipinski definition) is 3. The van der Waals surface area contributed by atoms with Gasteiger partial charge in [-0.1, -0.05) is 27.6 Å². The summed E-state index contributed by atoms with van der Waals surface area (Å²) in [5, 5.41) is 0. The van der Waals surface area contributed by atoms with Gasteiger partial charge in [0.2, 0.25) is 10.0 Å². The lowest BCUT2D eigenvalue weighted by Crippen LogP contribution is -2.39. The average Bonchev–Trinajstić information content (AvgIpc) is 2.41. The summed E-state index contributed by atoms with van der Waals surface area (Å²) in [4.78, 5) is 12.4. The number of rotatable bonds is 4. The van der Waals surface area contributed by atoms with Crippen LogP contribution in [0.2, 0.25) is 0 Å². The first kappa shape index (κ1) is 16.6. The number of halogens is 1. The van der Waals surface area contributed by atoms with Crippen LogP contribution in [0.4, 0.5) is 0 Å². The highest BCUT2D eigenvalue weighted by Gasteiger charge is 2.27. The highest BCUT2D eigenvalue weighted by molar-refractivity contribution is 9.10. The van der Waals surface area contributed by atoms with Crippen LogP contribution < -0.4 is 0 Å². The van der Waals surface area contributed by atoms with E-state index < -0.39 is 10.0 Å². The van der Waals surface area contributed by atoms with Crippen molar-refractivity contribution in [3.63, 3.8) is 0 Å². The zero-order valence-electron chi connectivity index (χ0n) is 12.3. The predicted octanol–water partition coefficient (Wildman–Crippen LogP) is 3.00. The van der Waals surface area contributed by atoms with E-state index in [0.717, 1.165) is 22.9 Å². The van der Waals surface area contributed by atoms with Crippen LogP contribution in [0.3, 0.4) is 0 Å². The maximum Gasteiger partial charge on any atom is 0.211 e. The summed E-state index contributed by atoms with van der Waals surface area (Å²) in [6, 6.07) is 5.71. The predicted molar refractivity (Wildman–Crippen MR) is 87.0 cm³/mol. The molecule has 0 saturated carbocycles. The largest absolute Gasteiger partial charge is 0.294 e. The van der Waals surface area contributed by atoms with Gasteiger partial charge in [-0.05, 0) is 37.8 Å². The van der Waals surface area contributed by atoms with Gasteiger partial charge in [-0.25, -0.2) is 12.7 Å². The number of aryl methyl sites for hydroxylation is 1. The molecular formula is C15H20BrNO3S. The van der Waals surface area contributed by atoms with Crippen LogP contribution in [0.25, 0.3) is 0 Å². The van der Waals surface area contributed by atoms with Crippen LogP contribution in [-0.2, 0) is 10.0 Å². The summed E-state index contributed by atoms with van der Waals surface area (Å²) in [5.41, 5.74) is 1.73. The van der Waals surface area contributed by atoms with E-state index in [4.69, 9.17) is 0 Å². The van der Waals surface area contributed by atoms with E-state index in [1.54, 1.807) is 0 Å². The molecule has 21 heavy (non-hydrogen) atoms. The molecule has 1 aliphatic heterocycles. The van der Waals surface area contributed by atoms with Gasteiger partial charge in [0, 0.05) is 29.5 Å². The van der Waals surface area contributed by atoms with Crippen molar-refractivity contribution in [1.29, 1.82) is 0 Å². The Morgan fingerprint density at radius 2 is 2.14 bits per heavy atom. The zero-order chi connectivity index (χ0) is 15.6. The molecule has 0 bridgehead atoms. The molecule has 2 rings (SSSR count). The maximum absolute atomic E-state index is 12.4. The first-order valence-corrected chi connectivity index (χ1v) is 9.66. The fourth-order valence-corrected chi connectivity index (χ4v) is 4.13. The fourth-order valence-electron chi connectivity index (χ4n) is 2.72. The maximum atomic E-state index is 12.4. The van der Waals surface area contributed by atoms with E-state index in [0.29, 0.717) is 25.1 Å². The van der Waals surface area contributed by atoms with Gasteiger partial charge in [-0.2, -0.15) is 0 Å². The van der Waals surface area contributed by atoms with Crippen LogP contribution in [0, 0.1) is 12.8 Å². The van der Waals surface area contributed by atoms with Gasteiger partial charge in [0.1, 0.15) is 0 Å². The van der Waals surface area contributed by atoms with Crippen molar-refractivity contribution in [1.82, 2.24) is 4.31 Å². The molecule has 0 amide bonds. The van der Waals surface area contributed by atoms with E-state index in [-0.39, 0.29) is 11.7 Å². The Bertz CT molecular complexity index is 642. The molecule has 0 spiro atoms. The first-order valence-electron chi connectivity index (χ1n) is 7.02. The molecule has 1 aromatic carbocycles. The molecule has 0 N–H and O–H groups in total. The van der Waals surface area contributed by atoms with Crippen molar-refractivity contribution in [2.24, 2.45) is 5.92 Å². The summed E-state index contributed by atoms with van der Waals surface area (Å²) >= 11 is 3.41. The summed E-state index contributed by atoms with van der Waals surface area (Å²) < 4.78 is 25.5. The molecular weight excluding hydrogens is 354 g/mol. The van der Waals surface area contributed by atoms with Crippen molar-refractivity contribution in [3.8, 4) is 0 Å². The number of benzene rings is 1. The summed E-state index contributed by atoms with van der Waals surface area (Å²) in [7, 11) is -3.16. The van der Waals surface area contributed by atoms with E-state index in [1.807, 2.05) is 25.1 Å². The van der Waals surface area contributed by atoms with Crippen molar-refractivity contribution in [3.05, 3.63) is 33.8 Å². The Morgan fingerprint density at radius 1 is 1.43 bits per heavy atom. The summed E-state index contributed by atoms with van der Waals surface area (Å²) in [6.07, 6.45) is 3.35. The molecule has 116 valence electrons. The van der Waals surface area contributed by atoms with Gasteiger partial charge >= 0.3 is 0 Å². The van der Waals surface area contributed by atoms with Crippen LogP contribution in [-0.4, -0.2) is 37.9 Å². The Hall–Kier alpha value is -0.720. The third-order valence-corrected chi connectivity index (χ3v) is 5.81. The molecule has 1 heterocycles. The number of Topliss-reactive ketones (excluding diaryl/α,β-unsaturated/α-hetero) is 1. The molecule has 1 fully saturated rings. The number of nitrogens with zero attached hydrogens (tertiary/aromatic N) is 1. The van der Waals surface area contributed by atoms with E-state index in [2.05, 4.69) is 15.9 Å². The second-order valence-electron chi connectivity index (χ2n) is 5.74. The van der Waals surface area contributed by atoms with Gasteiger partial charge in [-0.15, -0.1) is 0 Å². The summed E-state index contributed by atoms with van der Waals surface area (Å²) in [5.74, 6) is 0.180. The van der Waals surface area contributed by atoms with Gasteiger partial charge in [0.15, 0.2) is 5.78 Å². The highest BCUT2D eigenvalue weighted by Crippen LogP contribution is 2.26. The van der Waals surface area contributed by atoms with Gasteiger partial charge in [-0.3, -0.25) is 4.79 Å². The molecule has 1 atom stereocenters. The number of hydrogen-bond donors (Lipinski definition) is 0.